The number of ketones is 2. The summed E-state index contributed by atoms with van der Waals surface area (Å²) in [5.74, 6) is -12.6. The smallest absolute Gasteiger partial charge is 0.312 e. The number of nitriles is 1. The molecule has 0 spiro atoms. The van der Waals surface area contributed by atoms with Gasteiger partial charge >= 0.3 is 5.97 Å². The molecule has 0 N–H and O–H groups in total. The molecule has 3 fully saturated rings. The second kappa shape index (κ2) is 7.67. The second-order valence-corrected chi connectivity index (χ2v) is 11.3. The van der Waals surface area contributed by atoms with Crippen molar-refractivity contribution >= 4 is 17.5 Å². The maximum atomic E-state index is 15.4. The van der Waals surface area contributed by atoms with Gasteiger partial charge in [-0.1, -0.05) is 59.6 Å². The van der Waals surface area contributed by atoms with Crippen LogP contribution < -0.4 is 0 Å². The molecule has 0 heterocycles. The Morgan fingerprint density at radius 2 is 1.86 bits per heavy atom. The van der Waals surface area contributed by atoms with Crippen LogP contribution in [0.4, 0.5) is 0 Å². The van der Waals surface area contributed by atoms with E-state index < -0.39 is 172 Å². The minimum atomic E-state index is -3.98. The topological polar surface area (TPSA) is 84.2 Å². The van der Waals surface area contributed by atoms with E-state index in [1.54, 1.807) is 0 Å². The fourth-order valence-electron chi connectivity index (χ4n) is 7.69. The number of nitrogens with zero attached hydrogens (tertiary/aromatic N) is 1. The maximum Gasteiger partial charge on any atom is 0.312 e. The lowest BCUT2D eigenvalue weighted by atomic mass is 9.34. The summed E-state index contributed by atoms with van der Waals surface area (Å²) in [4.78, 5) is 43.6. The van der Waals surface area contributed by atoms with Crippen LogP contribution >= 0.6 is 0 Å². The van der Waals surface area contributed by atoms with Gasteiger partial charge in [-0.2, -0.15) is 5.26 Å². The van der Waals surface area contributed by atoms with Crippen molar-refractivity contribution in [3.63, 3.8) is 0 Å². The molecule has 7 atom stereocenters. The van der Waals surface area contributed by atoms with Crippen molar-refractivity contribution < 1.29 is 50.6 Å². The first-order chi connectivity index (χ1) is 26.6. The van der Waals surface area contributed by atoms with Gasteiger partial charge < -0.3 is 4.74 Å². The van der Waals surface area contributed by atoms with Crippen LogP contribution in [0.3, 0.4) is 0 Å². The molecule has 0 radical (unpaired) electrons. The largest absolute Gasteiger partial charge is 0.469 e. The number of ether oxygens (including phenoxy) is 1. The molecule has 5 nitrogen and oxygen atoms in total. The van der Waals surface area contributed by atoms with Crippen LogP contribution in [0.1, 0.15) is 124 Å². The molecule has 0 aliphatic heterocycles. The van der Waals surface area contributed by atoms with E-state index in [0.29, 0.717) is 12.2 Å². The summed E-state index contributed by atoms with van der Waals surface area (Å²) < 4.78 is 208. The third-order valence-electron chi connectivity index (χ3n) is 9.60. The van der Waals surface area contributed by atoms with Gasteiger partial charge in [0.05, 0.1) is 18.1 Å². The lowest BCUT2D eigenvalue weighted by Gasteiger charge is -2.68. The molecule has 3 saturated carbocycles. The Bertz CT molecular complexity index is 1940. The average Bonchev–Trinajstić information content (AvgIpc) is 3.03. The highest BCUT2D eigenvalue weighted by Gasteiger charge is 2.71. The average molecular weight is 529 g/mol. The van der Waals surface area contributed by atoms with Crippen molar-refractivity contribution in [1.29, 1.82) is 5.26 Å². The lowest BCUT2D eigenvalue weighted by molar-refractivity contribution is -0.191. The van der Waals surface area contributed by atoms with Crippen LogP contribution in [-0.2, 0) is 19.1 Å². The summed E-state index contributed by atoms with van der Waals surface area (Å²) >= 11 is 0. The van der Waals surface area contributed by atoms with E-state index >= 15 is 4.79 Å². The molecular formula is C32H43NO4. The van der Waals surface area contributed by atoms with E-state index in [-0.39, 0.29) is 0 Å². The standard InChI is InChI=1S/C32H43NO4/c1-27(2)11-13-32(26(36)37-8)14-12-31(7)24(20(32)17-27)21(34)15-23-29(5)16-19(18-33)25(35)28(3,4)22(29)9-10-30(23,31)6/h15-16,20,22,24H,9-14,17H2,1-8H3/t20-,22-,24-,29-,30+,31+,32-/m0/s1/i1D3,2D3,3D3,4D3,5D3,6D3,7D3,17D2. The highest BCUT2D eigenvalue weighted by Crippen LogP contribution is 2.74. The molecule has 0 amide bonds. The normalized spacial score (nSPS) is 58.6. The molecule has 37 heavy (non-hydrogen) atoms. The Balaban J connectivity index is 2.11. The molecule has 5 rings (SSSR count). The summed E-state index contributed by atoms with van der Waals surface area (Å²) in [5, 5.41) is 10.3. The fourth-order valence-corrected chi connectivity index (χ4v) is 7.69. The molecule has 5 heteroatoms. The van der Waals surface area contributed by atoms with Crippen LogP contribution in [0.25, 0.3) is 0 Å². The van der Waals surface area contributed by atoms with Crippen LogP contribution in [0.2, 0.25) is 0 Å². The highest BCUT2D eigenvalue weighted by molar-refractivity contribution is 6.04. The zero-order valence-corrected chi connectivity index (χ0v) is 20.2. The van der Waals surface area contributed by atoms with Gasteiger partial charge in [0.2, 0.25) is 0 Å². The molecule has 200 valence electrons. The summed E-state index contributed by atoms with van der Waals surface area (Å²) in [6.45, 7) is -27.1. The van der Waals surface area contributed by atoms with E-state index in [2.05, 4.69) is 0 Å². The maximum absolute atomic E-state index is 15.4. The third kappa shape index (κ3) is 3.11. The van der Waals surface area contributed by atoms with Crippen molar-refractivity contribution in [1.82, 2.24) is 0 Å². The molecule has 0 aromatic heterocycles. The number of rotatable bonds is 1. The van der Waals surface area contributed by atoms with Crippen LogP contribution in [0, 0.1) is 61.6 Å². The summed E-state index contributed by atoms with van der Waals surface area (Å²) in [6, 6.07) is 1.34. The van der Waals surface area contributed by atoms with Crippen LogP contribution in [0.5, 0.6) is 0 Å². The molecule has 0 aromatic carbocycles. The molecule has 0 unspecified atom stereocenters. The van der Waals surface area contributed by atoms with Crippen LogP contribution in [0.15, 0.2) is 23.3 Å². The Hall–Kier alpha value is -2.22. The van der Waals surface area contributed by atoms with Crippen molar-refractivity contribution in [3.8, 4) is 6.07 Å². The Labute approximate surface area is 254 Å². The van der Waals surface area contributed by atoms with Gasteiger partial charge in [-0.05, 0) is 79.1 Å². The Morgan fingerprint density at radius 3 is 2.49 bits per heavy atom. The number of esters is 1. The van der Waals surface area contributed by atoms with Crippen molar-refractivity contribution in [3.05, 3.63) is 23.3 Å². The van der Waals surface area contributed by atoms with Crippen molar-refractivity contribution in [2.45, 2.75) is 92.9 Å². The molecule has 5 aliphatic rings. The first-order valence-corrected chi connectivity index (χ1v) is 12.1. The number of fused-ring (bicyclic) bond motifs is 7. The molecule has 0 saturated heterocycles. The number of carbonyl (C=O) groups excluding carboxylic acids is 3. The van der Waals surface area contributed by atoms with Crippen molar-refractivity contribution in [2.24, 2.45) is 50.2 Å². The number of hydrogen-bond donors (Lipinski definition) is 0. The van der Waals surface area contributed by atoms with E-state index in [1.165, 1.54) is 6.07 Å². The monoisotopic (exact) mass is 528 g/mol. The SMILES string of the molecule is [2H]C([2H])([2H])C1(C([2H])([2H])[2H])C(=O)C(C#N)=C[C@]2(C([2H])([2H])[2H])C3=CC(=O)[C@@H]4[C@@H]5C([2H])([2H])C(C([2H])([2H])[2H])(C([2H])([2H])[2H])CC[C@]5(C(=O)OC)CC[C@@]4(C([2H])([2H])[2H])[C@]3(C([2H])([2H])[2H])CC[C@@H]12. The predicted octanol–water partition coefficient (Wildman–Crippen LogP) is 6.38. The zero-order chi connectivity index (χ0) is 46.7. The lowest BCUT2D eigenvalue weighted by Crippen LogP contribution is -2.65. The zero-order valence-electron chi connectivity index (χ0n) is 43.2. The van der Waals surface area contributed by atoms with Gasteiger partial charge in [-0.25, -0.2) is 0 Å². The molecule has 0 bridgehead atoms. The summed E-state index contributed by atoms with van der Waals surface area (Å²) in [7, 11) is 0.850. The highest BCUT2D eigenvalue weighted by atomic mass is 16.5. The van der Waals surface area contributed by atoms with Gasteiger partial charge in [-0.3, -0.25) is 14.4 Å². The number of carbonyl (C=O) groups is 3. The first kappa shape index (κ1) is 10.4. The Morgan fingerprint density at radius 1 is 1.08 bits per heavy atom. The minimum absolute atomic E-state index is 0.315. The quantitative estimate of drug-likeness (QED) is 0.369. The van der Waals surface area contributed by atoms with Gasteiger partial charge in [0, 0.05) is 48.3 Å². The minimum Gasteiger partial charge on any atom is -0.469 e. The summed E-state index contributed by atoms with van der Waals surface area (Å²) in [5.41, 5.74) is -22.2. The van der Waals surface area contributed by atoms with E-state index in [9.17, 15) is 25.8 Å². The fraction of sp³-hybridized carbons (Fsp3) is 0.750. The number of methoxy groups -OCH3 is 1. The Kier molecular flexibility index (Phi) is 2.16. The molecule has 0 aromatic rings. The van der Waals surface area contributed by atoms with Gasteiger partial charge in [0.1, 0.15) is 6.07 Å². The van der Waals surface area contributed by atoms with Crippen LogP contribution in [-0.4, -0.2) is 24.6 Å². The number of allylic oxidation sites excluding steroid dienone is 4. The first-order valence-electron chi connectivity index (χ1n) is 23.6. The number of hydrogen-bond acceptors (Lipinski definition) is 5. The molecular weight excluding hydrogens is 462 g/mol. The van der Waals surface area contributed by atoms with E-state index in [1.807, 2.05) is 0 Å². The van der Waals surface area contributed by atoms with Gasteiger partial charge in [0.15, 0.2) is 11.6 Å². The molecule has 5 aliphatic carbocycles. The van der Waals surface area contributed by atoms with E-state index in [4.69, 9.17) is 25.3 Å². The van der Waals surface area contributed by atoms with Crippen molar-refractivity contribution in [2.75, 3.05) is 7.11 Å². The number of Topliss-reactive ketones (excluding diaryl/α,β-unsaturated/α-hetero) is 1. The van der Waals surface area contributed by atoms with Gasteiger partial charge in [-0.15, -0.1) is 0 Å². The summed E-state index contributed by atoms with van der Waals surface area (Å²) in [6.07, 6.45) is -9.30. The predicted molar refractivity (Wildman–Crippen MR) is 141 cm³/mol. The second-order valence-electron chi connectivity index (χ2n) is 11.3. The van der Waals surface area contributed by atoms with E-state index in [0.717, 1.165) is 7.11 Å². The van der Waals surface area contributed by atoms with Gasteiger partial charge in [0.25, 0.3) is 0 Å². The third-order valence-corrected chi connectivity index (χ3v) is 9.60.